The number of pyridine rings is 2. The lowest BCUT2D eigenvalue weighted by atomic mass is 10.3. The van der Waals surface area contributed by atoms with Crippen LogP contribution < -0.4 is 0 Å². The molecule has 0 bridgehead atoms. The lowest BCUT2D eigenvalue weighted by Gasteiger charge is -1.98. The van der Waals surface area contributed by atoms with Gasteiger partial charge in [-0.1, -0.05) is 0 Å². The maximum atomic E-state index is 4.05. The molecule has 0 aliphatic carbocycles. The van der Waals surface area contributed by atoms with Gasteiger partial charge in [-0.05, 0) is 18.2 Å². The number of fused-ring (bicyclic) bond motifs is 3. The summed E-state index contributed by atoms with van der Waals surface area (Å²) in [6.07, 6.45) is 5.30. The third-order valence-corrected chi connectivity index (χ3v) is 2.07. The fourth-order valence-electron chi connectivity index (χ4n) is 1.45. The number of hydrogen-bond donors (Lipinski definition) is 0. The van der Waals surface area contributed by atoms with Crippen LogP contribution in [0.1, 0.15) is 0 Å². The lowest BCUT2D eigenvalue weighted by molar-refractivity contribution is 1.11. The molecule has 0 fully saturated rings. The minimum atomic E-state index is 0.860. The van der Waals surface area contributed by atoms with Crippen LogP contribution in [0.15, 0.2) is 36.9 Å². The van der Waals surface area contributed by atoms with Crippen molar-refractivity contribution in [2.75, 3.05) is 0 Å². The molecule has 0 atom stereocenters. The number of hydrogen-bond acceptors (Lipinski definition) is 3. The van der Waals surface area contributed by atoms with Crippen molar-refractivity contribution in [3.63, 3.8) is 0 Å². The topological polar surface area (TPSA) is 43.1 Å². The summed E-state index contributed by atoms with van der Waals surface area (Å²) in [7, 11) is 0. The molecule has 0 saturated carbocycles. The Morgan fingerprint density at radius 1 is 1.15 bits per heavy atom. The highest BCUT2D eigenvalue weighted by Gasteiger charge is 1.99. The molecule has 0 aromatic carbocycles. The van der Waals surface area contributed by atoms with Crippen molar-refractivity contribution < 1.29 is 0 Å². The molecule has 3 aromatic rings. The van der Waals surface area contributed by atoms with Crippen LogP contribution in [0.2, 0.25) is 0 Å². The second-order valence-corrected chi connectivity index (χ2v) is 2.83. The van der Waals surface area contributed by atoms with Crippen LogP contribution in [0, 0.1) is 0 Å². The zero-order chi connectivity index (χ0) is 8.67. The van der Waals surface area contributed by atoms with E-state index in [4.69, 9.17) is 0 Å². The molecule has 0 radical (unpaired) electrons. The normalized spacial score (nSPS) is 11.1. The van der Waals surface area contributed by atoms with Crippen molar-refractivity contribution in [1.29, 1.82) is 0 Å². The first kappa shape index (κ1) is 6.54. The van der Waals surface area contributed by atoms with Gasteiger partial charge in [-0.15, -0.1) is 10.2 Å². The summed E-state index contributed by atoms with van der Waals surface area (Å²) >= 11 is 0. The van der Waals surface area contributed by atoms with Gasteiger partial charge in [0.05, 0.1) is 5.52 Å². The molecule has 0 spiro atoms. The van der Waals surface area contributed by atoms with E-state index in [0.29, 0.717) is 0 Å². The van der Waals surface area contributed by atoms with Crippen molar-refractivity contribution in [1.82, 2.24) is 19.6 Å². The molecule has 3 rings (SSSR count). The minimum Gasteiger partial charge on any atom is -0.281 e. The maximum absolute atomic E-state index is 4.05. The Morgan fingerprint density at radius 3 is 3.15 bits per heavy atom. The molecule has 0 saturated heterocycles. The predicted octanol–water partition coefficient (Wildman–Crippen LogP) is 1.28. The van der Waals surface area contributed by atoms with E-state index >= 15 is 0 Å². The molecule has 0 N–H and O–H groups in total. The van der Waals surface area contributed by atoms with E-state index in [1.165, 1.54) is 0 Å². The molecule has 13 heavy (non-hydrogen) atoms. The van der Waals surface area contributed by atoms with E-state index in [9.17, 15) is 0 Å². The molecule has 4 heteroatoms. The fourth-order valence-corrected chi connectivity index (χ4v) is 1.45. The van der Waals surface area contributed by atoms with Crippen molar-refractivity contribution in [3.8, 4) is 0 Å². The van der Waals surface area contributed by atoms with Crippen LogP contribution >= 0.6 is 0 Å². The SMILES string of the molecule is c1cc2c(ccc3nncn32)cn1. The van der Waals surface area contributed by atoms with Crippen LogP contribution in [0.4, 0.5) is 0 Å². The third kappa shape index (κ3) is 0.823. The summed E-state index contributed by atoms with van der Waals surface area (Å²) in [5, 5.41) is 8.90. The van der Waals surface area contributed by atoms with Gasteiger partial charge in [0.2, 0.25) is 0 Å². The zero-order valence-electron chi connectivity index (χ0n) is 6.75. The molecule has 3 aromatic heterocycles. The standard InChI is InChI=1S/C9H6N4/c1-2-9-12-11-6-13(9)8-3-4-10-5-7(1)8/h1-6H. The first-order valence-electron chi connectivity index (χ1n) is 3.97. The Morgan fingerprint density at radius 2 is 2.15 bits per heavy atom. The quantitative estimate of drug-likeness (QED) is 0.510. The second-order valence-electron chi connectivity index (χ2n) is 2.83. The number of nitrogens with zero attached hydrogens (tertiary/aromatic N) is 4. The van der Waals surface area contributed by atoms with Gasteiger partial charge in [-0.25, -0.2) is 0 Å². The molecule has 0 aliphatic heterocycles. The van der Waals surface area contributed by atoms with E-state index in [1.54, 1.807) is 12.5 Å². The molecule has 0 unspecified atom stereocenters. The Balaban J connectivity index is 2.65. The van der Waals surface area contributed by atoms with E-state index in [-0.39, 0.29) is 0 Å². The summed E-state index contributed by atoms with van der Waals surface area (Å²) in [6.45, 7) is 0. The summed E-state index contributed by atoms with van der Waals surface area (Å²) in [4.78, 5) is 4.05. The van der Waals surface area contributed by atoms with Crippen molar-refractivity contribution in [2.24, 2.45) is 0 Å². The Kier molecular flexibility index (Phi) is 1.14. The van der Waals surface area contributed by atoms with Gasteiger partial charge in [0, 0.05) is 17.8 Å². The average molecular weight is 170 g/mol. The fraction of sp³-hybridized carbons (Fsp3) is 0. The van der Waals surface area contributed by atoms with Crippen LogP contribution in [-0.2, 0) is 0 Å². The smallest absolute Gasteiger partial charge is 0.161 e. The van der Waals surface area contributed by atoms with E-state index < -0.39 is 0 Å². The van der Waals surface area contributed by atoms with Crippen molar-refractivity contribution in [2.45, 2.75) is 0 Å². The van der Waals surface area contributed by atoms with Crippen LogP contribution in [0.25, 0.3) is 16.6 Å². The second kappa shape index (κ2) is 2.26. The van der Waals surface area contributed by atoms with Crippen molar-refractivity contribution >= 4 is 16.6 Å². The number of rotatable bonds is 0. The summed E-state index contributed by atoms with van der Waals surface area (Å²) in [6, 6.07) is 5.87. The highest BCUT2D eigenvalue weighted by Crippen LogP contribution is 2.13. The average Bonchev–Trinajstić information content (AvgIpc) is 2.65. The molecular formula is C9H6N4. The highest BCUT2D eigenvalue weighted by atomic mass is 15.2. The van der Waals surface area contributed by atoms with E-state index in [2.05, 4.69) is 15.2 Å². The van der Waals surface area contributed by atoms with E-state index in [1.807, 2.05) is 28.8 Å². The van der Waals surface area contributed by atoms with Crippen LogP contribution in [-0.4, -0.2) is 19.6 Å². The zero-order valence-corrected chi connectivity index (χ0v) is 6.75. The van der Waals surface area contributed by atoms with E-state index in [0.717, 1.165) is 16.6 Å². The van der Waals surface area contributed by atoms with Crippen LogP contribution in [0.3, 0.4) is 0 Å². The summed E-state index contributed by atoms with van der Waals surface area (Å²) in [5.41, 5.74) is 1.94. The number of aromatic nitrogens is 4. The monoisotopic (exact) mass is 170 g/mol. The first-order valence-corrected chi connectivity index (χ1v) is 3.97. The lowest BCUT2D eigenvalue weighted by Crippen LogP contribution is -1.86. The summed E-state index contributed by atoms with van der Waals surface area (Å²) < 4.78 is 1.94. The van der Waals surface area contributed by atoms with Crippen LogP contribution in [0.5, 0.6) is 0 Å². The molecule has 4 nitrogen and oxygen atoms in total. The molecular weight excluding hydrogens is 164 g/mol. The third-order valence-electron chi connectivity index (χ3n) is 2.07. The van der Waals surface area contributed by atoms with Gasteiger partial charge < -0.3 is 0 Å². The van der Waals surface area contributed by atoms with Crippen molar-refractivity contribution in [3.05, 3.63) is 36.9 Å². The first-order chi connectivity index (χ1) is 6.45. The van der Waals surface area contributed by atoms with Gasteiger partial charge in [0.15, 0.2) is 5.65 Å². The Hall–Kier alpha value is -1.97. The minimum absolute atomic E-state index is 0.860. The predicted molar refractivity (Wildman–Crippen MR) is 48.3 cm³/mol. The van der Waals surface area contributed by atoms with Gasteiger partial charge in [0.25, 0.3) is 0 Å². The Bertz CT molecular complexity index is 570. The van der Waals surface area contributed by atoms with Gasteiger partial charge in [0.1, 0.15) is 6.33 Å². The van der Waals surface area contributed by atoms with Gasteiger partial charge in [-0.3, -0.25) is 9.38 Å². The van der Waals surface area contributed by atoms with Gasteiger partial charge in [-0.2, -0.15) is 0 Å². The molecule has 62 valence electrons. The molecule has 0 aliphatic rings. The largest absolute Gasteiger partial charge is 0.281 e. The molecule has 3 heterocycles. The maximum Gasteiger partial charge on any atom is 0.161 e. The van der Waals surface area contributed by atoms with Gasteiger partial charge >= 0.3 is 0 Å². The Labute approximate surface area is 73.9 Å². The summed E-state index contributed by atoms with van der Waals surface area (Å²) in [5.74, 6) is 0. The molecule has 0 amide bonds. The highest BCUT2D eigenvalue weighted by molar-refractivity contribution is 5.80.